The van der Waals surface area contributed by atoms with Gasteiger partial charge in [0.05, 0.1) is 12.6 Å². The van der Waals surface area contributed by atoms with Gasteiger partial charge in [-0.3, -0.25) is 14.4 Å². The van der Waals surface area contributed by atoms with Gasteiger partial charge in [0.1, 0.15) is 12.0 Å². The molecule has 3 aliphatic heterocycles. The van der Waals surface area contributed by atoms with Gasteiger partial charge in [-0.2, -0.15) is 0 Å². The maximum atomic E-state index is 13.1. The number of aryl methyl sites for hydroxylation is 1. The van der Waals surface area contributed by atoms with Gasteiger partial charge in [0, 0.05) is 59.8 Å². The van der Waals surface area contributed by atoms with Crippen molar-refractivity contribution in [3.63, 3.8) is 0 Å². The summed E-state index contributed by atoms with van der Waals surface area (Å²) in [6.45, 7) is 4.84. The van der Waals surface area contributed by atoms with E-state index in [-0.39, 0.29) is 30.6 Å². The molecule has 9 nitrogen and oxygen atoms in total. The van der Waals surface area contributed by atoms with Crippen LogP contribution in [0.2, 0.25) is 5.02 Å². The molecule has 0 bridgehead atoms. The Balaban J connectivity index is 1.17. The fourth-order valence-electron chi connectivity index (χ4n) is 5.31. The summed E-state index contributed by atoms with van der Waals surface area (Å²) in [6, 6.07) is 8.74. The fraction of sp³-hybridized carbons (Fsp3) is 0.464. The first-order valence-electron chi connectivity index (χ1n) is 13.1. The van der Waals surface area contributed by atoms with Gasteiger partial charge in [0.25, 0.3) is 5.91 Å². The van der Waals surface area contributed by atoms with E-state index in [1.807, 2.05) is 31.2 Å². The van der Waals surface area contributed by atoms with Gasteiger partial charge in [0.2, 0.25) is 11.8 Å². The molecule has 3 atom stereocenters. The molecule has 38 heavy (non-hydrogen) atoms. The Morgan fingerprint density at radius 3 is 2.84 bits per heavy atom. The Hall–Kier alpha value is -3.14. The molecule has 3 heterocycles. The van der Waals surface area contributed by atoms with Crippen molar-refractivity contribution >= 4 is 35.0 Å². The number of fused-ring (bicyclic) bond motifs is 1. The highest BCUT2D eigenvalue weighted by Gasteiger charge is 2.39. The van der Waals surface area contributed by atoms with E-state index in [1.165, 1.54) is 0 Å². The summed E-state index contributed by atoms with van der Waals surface area (Å²) in [6.07, 6.45) is 1.41. The molecule has 5 rings (SSSR count). The molecule has 4 N–H and O–H groups in total. The zero-order valence-electron chi connectivity index (χ0n) is 21.4. The molecular weight excluding hydrogens is 508 g/mol. The zero-order chi connectivity index (χ0) is 26.8. The number of benzene rings is 2. The Bertz CT molecular complexity index is 1250. The van der Waals surface area contributed by atoms with Crippen LogP contribution in [0.5, 0.6) is 5.75 Å². The van der Waals surface area contributed by atoms with E-state index in [0.29, 0.717) is 53.9 Å². The molecule has 2 aromatic carbocycles. The Labute approximate surface area is 226 Å². The number of amides is 3. The zero-order valence-corrected chi connectivity index (χ0v) is 22.1. The van der Waals surface area contributed by atoms with Crippen molar-refractivity contribution in [3.8, 4) is 5.75 Å². The van der Waals surface area contributed by atoms with Gasteiger partial charge in [-0.1, -0.05) is 23.7 Å². The molecule has 202 valence electrons. The molecule has 2 fully saturated rings. The Morgan fingerprint density at radius 1 is 1.24 bits per heavy atom. The summed E-state index contributed by atoms with van der Waals surface area (Å²) >= 11 is 6.41. The highest BCUT2D eigenvalue weighted by Crippen LogP contribution is 2.32. The van der Waals surface area contributed by atoms with E-state index < -0.39 is 12.3 Å². The first-order valence-corrected chi connectivity index (χ1v) is 13.5. The molecule has 2 saturated heterocycles. The van der Waals surface area contributed by atoms with Crippen LogP contribution in [-0.4, -0.2) is 59.7 Å². The smallest absolute Gasteiger partial charge is 0.254 e. The van der Waals surface area contributed by atoms with Crippen LogP contribution < -0.4 is 20.7 Å². The standard InChI is InChI=1S/C28H33ClN4O5/c1-16-22(29)11-20(12-24(16)38-15-18-8-9-30-13-18)31-25(34)6-3-17-2-4-19-14-33(28(37)21(19)10-17)23-5-7-26(35)32-27(23)36/h2,4,10-12,18,23,27,30,36H,3,5-9,13-15H2,1H3,(H,31,34)(H,32,35). The van der Waals surface area contributed by atoms with Crippen LogP contribution in [0.3, 0.4) is 0 Å². The van der Waals surface area contributed by atoms with E-state index >= 15 is 0 Å². The number of ether oxygens (including phenoxy) is 1. The third-order valence-corrected chi connectivity index (χ3v) is 8.00. The number of nitrogens with one attached hydrogen (secondary N) is 3. The molecule has 0 spiro atoms. The van der Waals surface area contributed by atoms with Crippen LogP contribution in [0.4, 0.5) is 5.69 Å². The van der Waals surface area contributed by atoms with Crippen LogP contribution in [0, 0.1) is 12.8 Å². The molecule has 0 aromatic heterocycles. The lowest BCUT2D eigenvalue weighted by Gasteiger charge is -2.35. The topological polar surface area (TPSA) is 120 Å². The fourth-order valence-corrected chi connectivity index (χ4v) is 5.52. The van der Waals surface area contributed by atoms with Gasteiger partial charge in [0.15, 0.2) is 0 Å². The average Bonchev–Trinajstić information content (AvgIpc) is 3.52. The lowest BCUT2D eigenvalue weighted by Crippen LogP contribution is -2.55. The SMILES string of the molecule is Cc1c(Cl)cc(NC(=O)CCc2ccc3c(c2)C(=O)N(C2CCC(=O)NC2O)C3)cc1OCC1CCNC1. The number of rotatable bonds is 8. The van der Waals surface area contributed by atoms with Crippen LogP contribution in [0.25, 0.3) is 0 Å². The quantitative estimate of drug-likeness (QED) is 0.409. The van der Waals surface area contributed by atoms with E-state index in [4.69, 9.17) is 16.3 Å². The molecule has 2 aromatic rings. The third-order valence-electron chi connectivity index (χ3n) is 7.61. The number of hydrogen-bond acceptors (Lipinski definition) is 6. The van der Waals surface area contributed by atoms with E-state index in [0.717, 1.165) is 36.2 Å². The molecular formula is C28H33ClN4O5. The number of nitrogens with zero attached hydrogens (tertiary/aromatic N) is 1. The number of carbonyl (C=O) groups is 3. The maximum absolute atomic E-state index is 13.1. The summed E-state index contributed by atoms with van der Waals surface area (Å²) < 4.78 is 6.02. The van der Waals surface area contributed by atoms with Gasteiger partial charge >= 0.3 is 0 Å². The summed E-state index contributed by atoms with van der Waals surface area (Å²) in [5.74, 6) is 0.596. The highest BCUT2D eigenvalue weighted by atomic mass is 35.5. The summed E-state index contributed by atoms with van der Waals surface area (Å²) in [7, 11) is 0. The maximum Gasteiger partial charge on any atom is 0.254 e. The van der Waals surface area contributed by atoms with Crippen molar-refractivity contribution in [1.29, 1.82) is 0 Å². The van der Waals surface area contributed by atoms with Gasteiger partial charge in [-0.15, -0.1) is 0 Å². The minimum Gasteiger partial charge on any atom is -0.493 e. The molecule has 10 heteroatoms. The average molecular weight is 541 g/mol. The van der Waals surface area contributed by atoms with Crippen molar-refractivity contribution in [2.45, 2.75) is 57.8 Å². The number of hydrogen-bond donors (Lipinski definition) is 4. The predicted octanol–water partition coefficient (Wildman–Crippen LogP) is 2.76. The molecule has 0 radical (unpaired) electrons. The monoisotopic (exact) mass is 540 g/mol. The number of aliphatic hydroxyl groups excluding tert-OH is 1. The summed E-state index contributed by atoms with van der Waals surface area (Å²) in [5, 5.41) is 19.5. The molecule has 3 unspecified atom stereocenters. The number of carbonyl (C=O) groups excluding carboxylic acids is 3. The van der Waals surface area contributed by atoms with Crippen molar-refractivity contribution in [1.82, 2.24) is 15.5 Å². The Kier molecular flexibility index (Phi) is 7.88. The number of anilines is 1. The van der Waals surface area contributed by atoms with Gasteiger partial charge in [-0.25, -0.2) is 0 Å². The van der Waals surface area contributed by atoms with Crippen LogP contribution >= 0.6 is 11.6 Å². The van der Waals surface area contributed by atoms with Gasteiger partial charge in [-0.05, 0) is 56.0 Å². The van der Waals surface area contributed by atoms with Crippen molar-refractivity contribution in [2.75, 3.05) is 25.0 Å². The van der Waals surface area contributed by atoms with Crippen molar-refractivity contribution in [2.24, 2.45) is 5.92 Å². The third kappa shape index (κ3) is 5.80. The molecule has 0 saturated carbocycles. The molecule has 3 aliphatic rings. The van der Waals surface area contributed by atoms with Crippen molar-refractivity contribution < 1.29 is 24.2 Å². The summed E-state index contributed by atoms with van der Waals surface area (Å²) in [4.78, 5) is 39.0. The second-order valence-electron chi connectivity index (χ2n) is 10.3. The molecule has 0 aliphatic carbocycles. The number of aliphatic hydroxyl groups is 1. The predicted molar refractivity (Wildman–Crippen MR) is 143 cm³/mol. The Morgan fingerprint density at radius 2 is 2.08 bits per heavy atom. The van der Waals surface area contributed by atoms with Crippen molar-refractivity contribution in [3.05, 3.63) is 57.6 Å². The second kappa shape index (κ2) is 11.3. The molecule has 3 amide bonds. The van der Waals surface area contributed by atoms with Crippen LogP contribution in [0.1, 0.15) is 52.7 Å². The van der Waals surface area contributed by atoms with E-state index in [2.05, 4.69) is 16.0 Å². The van der Waals surface area contributed by atoms with Gasteiger partial charge < -0.3 is 30.7 Å². The highest BCUT2D eigenvalue weighted by molar-refractivity contribution is 6.32. The minimum atomic E-state index is -1.07. The normalized spacial score (nSPS) is 22.8. The van der Waals surface area contributed by atoms with Crippen LogP contribution in [-0.2, 0) is 22.6 Å². The first-order chi connectivity index (χ1) is 18.3. The lowest BCUT2D eigenvalue weighted by atomic mass is 10.0. The van der Waals surface area contributed by atoms with Crippen LogP contribution in [0.15, 0.2) is 30.3 Å². The lowest BCUT2D eigenvalue weighted by molar-refractivity contribution is -0.129. The first kappa shape index (κ1) is 26.5. The summed E-state index contributed by atoms with van der Waals surface area (Å²) in [5.41, 5.74) is 3.76. The number of piperidine rings is 1. The number of halogens is 1. The van der Waals surface area contributed by atoms with E-state index in [9.17, 15) is 19.5 Å². The minimum absolute atomic E-state index is 0.162. The van der Waals surface area contributed by atoms with E-state index in [1.54, 1.807) is 11.0 Å². The largest absolute Gasteiger partial charge is 0.493 e. The second-order valence-corrected chi connectivity index (χ2v) is 10.7.